The predicted octanol–water partition coefficient (Wildman–Crippen LogP) is 3.08. The maximum absolute atomic E-state index is 5.90. The molecule has 0 bridgehead atoms. The first-order valence-corrected chi connectivity index (χ1v) is 6.51. The van der Waals surface area contributed by atoms with Gasteiger partial charge in [-0.15, -0.1) is 5.10 Å². The second kappa shape index (κ2) is 4.94. The fourth-order valence-electron chi connectivity index (χ4n) is 2.43. The van der Waals surface area contributed by atoms with Crippen LogP contribution < -0.4 is 4.90 Å². The van der Waals surface area contributed by atoms with Crippen LogP contribution in [0, 0.1) is 0 Å². The molecular weight excluding hydrogens is 246 g/mol. The standard InChI is InChI=1S/C14H14ClN3/c15-14-8-13(9-16-17-14)18-7-3-6-11-4-1-2-5-12(11)10-18/h1-2,4-5,8-9H,3,6-7,10H2. The van der Waals surface area contributed by atoms with Gasteiger partial charge in [-0.1, -0.05) is 35.9 Å². The van der Waals surface area contributed by atoms with Crippen LogP contribution in [0.25, 0.3) is 0 Å². The van der Waals surface area contributed by atoms with E-state index in [0.717, 1.165) is 31.6 Å². The molecule has 92 valence electrons. The molecule has 0 aliphatic carbocycles. The van der Waals surface area contributed by atoms with Crippen molar-refractivity contribution in [3.63, 3.8) is 0 Å². The lowest BCUT2D eigenvalue weighted by molar-refractivity contribution is 0.761. The summed E-state index contributed by atoms with van der Waals surface area (Å²) in [5, 5.41) is 8.16. The van der Waals surface area contributed by atoms with Crippen molar-refractivity contribution in [1.29, 1.82) is 0 Å². The molecule has 1 aliphatic heterocycles. The van der Waals surface area contributed by atoms with Gasteiger partial charge in [0.15, 0.2) is 5.15 Å². The molecule has 0 radical (unpaired) electrons. The maximum Gasteiger partial charge on any atom is 0.153 e. The van der Waals surface area contributed by atoms with E-state index in [1.807, 2.05) is 6.07 Å². The molecule has 0 amide bonds. The van der Waals surface area contributed by atoms with Gasteiger partial charge in [-0.25, -0.2) is 0 Å². The Morgan fingerprint density at radius 3 is 2.83 bits per heavy atom. The highest BCUT2D eigenvalue weighted by Crippen LogP contribution is 2.24. The lowest BCUT2D eigenvalue weighted by atomic mass is 10.0. The molecular formula is C14H14ClN3. The van der Waals surface area contributed by atoms with E-state index in [9.17, 15) is 0 Å². The molecule has 3 nitrogen and oxygen atoms in total. The minimum Gasteiger partial charge on any atom is -0.366 e. The Morgan fingerprint density at radius 2 is 2.00 bits per heavy atom. The molecule has 1 aromatic carbocycles. The average Bonchev–Trinajstić information content (AvgIpc) is 2.60. The van der Waals surface area contributed by atoms with Crippen molar-refractivity contribution in [2.24, 2.45) is 0 Å². The molecule has 1 aromatic heterocycles. The second-order valence-corrected chi connectivity index (χ2v) is 4.92. The van der Waals surface area contributed by atoms with Crippen molar-refractivity contribution in [1.82, 2.24) is 10.2 Å². The summed E-state index contributed by atoms with van der Waals surface area (Å²) in [6, 6.07) is 10.5. The third-order valence-corrected chi connectivity index (χ3v) is 3.51. The molecule has 18 heavy (non-hydrogen) atoms. The number of benzene rings is 1. The molecule has 0 saturated heterocycles. The van der Waals surface area contributed by atoms with Gasteiger partial charge in [0.2, 0.25) is 0 Å². The van der Waals surface area contributed by atoms with E-state index in [2.05, 4.69) is 39.4 Å². The van der Waals surface area contributed by atoms with Gasteiger partial charge in [-0.05, 0) is 24.0 Å². The Hall–Kier alpha value is -1.61. The molecule has 0 N–H and O–H groups in total. The summed E-state index contributed by atoms with van der Waals surface area (Å²) in [6.45, 7) is 1.94. The van der Waals surface area contributed by atoms with E-state index >= 15 is 0 Å². The van der Waals surface area contributed by atoms with Gasteiger partial charge in [0.1, 0.15) is 0 Å². The quantitative estimate of drug-likeness (QED) is 0.788. The van der Waals surface area contributed by atoms with E-state index in [-0.39, 0.29) is 0 Å². The monoisotopic (exact) mass is 259 g/mol. The molecule has 0 fully saturated rings. The summed E-state index contributed by atoms with van der Waals surface area (Å²) >= 11 is 5.90. The summed E-state index contributed by atoms with van der Waals surface area (Å²) in [5.74, 6) is 0. The second-order valence-electron chi connectivity index (χ2n) is 4.53. The Bertz CT molecular complexity index is 556. The number of hydrogen-bond donors (Lipinski definition) is 0. The zero-order valence-electron chi connectivity index (χ0n) is 10.0. The highest BCUT2D eigenvalue weighted by molar-refractivity contribution is 6.29. The number of halogens is 1. The number of rotatable bonds is 1. The summed E-state index contributed by atoms with van der Waals surface area (Å²) < 4.78 is 0. The fourth-order valence-corrected chi connectivity index (χ4v) is 2.58. The largest absolute Gasteiger partial charge is 0.366 e. The van der Waals surface area contributed by atoms with Crippen LogP contribution in [0.3, 0.4) is 0 Å². The third kappa shape index (κ3) is 2.31. The minimum absolute atomic E-state index is 0.449. The van der Waals surface area contributed by atoms with Crippen molar-refractivity contribution < 1.29 is 0 Å². The van der Waals surface area contributed by atoms with E-state index < -0.39 is 0 Å². The van der Waals surface area contributed by atoms with Gasteiger partial charge in [-0.3, -0.25) is 0 Å². The number of nitrogens with zero attached hydrogens (tertiary/aromatic N) is 3. The van der Waals surface area contributed by atoms with Crippen molar-refractivity contribution >= 4 is 17.3 Å². The molecule has 2 heterocycles. The van der Waals surface area contributed by atoms with Crippen LogP contribution >= 0.6 is 11.6 Å². The average molecular weight is 260 g/mol. The van der Waals surface area contributed by atoms with Gasteiger partial charge in [-0.2, -0.15) is 5.10 Å². The SMILES string of the molecule is Clc1cc(N2CCCc3ccccc3C2)cnn1. The minimum atomic E-state index is 0.449. The van der Waals surface area contributed by atoms with Gasteiger partial charge in [0.05, 0.1) is 11.9 Å². The number of fused-ring (bicyclic) bond motifs is 1. The van der Waals surface area contributed by atoms with Crippen molar-refractivity contribution in [2.45, 2.75) is 19.4 Å². The Morgan fingerprint density at radius 1 is 1.17 bits per heavy atom. The summed E-state index contributed by atoms with van der Waals surface area (Å²) in [5.41, 5.74) is 3.89. The highest BCUT2D eigenvalue weighted by Gasteiger charge is 2.14. The van der Waals surface area contributed by atoms with Crippen LogP contribution in [-0.4, -0.2) is 16.7 Å². The molecule has 0 spiro atoms. The van der Waals surface area contributed by atoms with Crippen molar-refractivity contribution in [3.8, 4) is 0 Å². The number of aromatic nitrogens is 2. The van der Waals surface area contributed by atoms with Crippen LogP contribution in [0.5, 0.6) is 0 Å². The highest BCUT2D eigenvalue weighted by atomic mass is 35.5. The summed E-state index contributed by atoms with van der Waals surface area (Å²) in [7, 11) is 0. The zero-order valence-corrected chi connectivity index (χ0v) is 10.8. The molecule has 4 heteroatoms. The van der Waals surface area contributed by atoms with E-state index in [4.69, 9.17) is 11.6 Å². The first-order chi connectivity index (χ1) is 8.83. The first-order valence-electron chi connectivity index (χ1n) is 6.13. The Labute approximate surface area is 111 Å². The predicted molar refractivity (Wildman–Crippen MR) is 72.9 cm³/mol. The maximum atomic E-state index is 5.90. The van der Waals surface area contributed by atoms with Gasteiger partial charge in [0.25, 0.3) is 0 Å². The van der Waals surface area contributed by atoms with E-state index in [1.165, 1.54) is 11.1 Å². The molecule has 0 atom stereocenters. The first kappa shape index (κ1) is 11.5. The van der Waals surface area contributed by atoms with E-state index in [0.29, 0.717) is 5.15 Å². The molecule has 2 aromatic rings. The normalized spacial score (nSPS) is 15.1. The van der Waals surface area contributed by atoms with E-state index in [1.54, 1.807) is 6.20 Å². The summed E-state index contributed by atoms with van der Waals surface area (Å²) in [6.07, 6.45) is 4.07. The third-order valence-electron chi connectivity index (χ3n) is 3.33. The Balaban J connectivity index is 1.91. The summed E-state index contributed by atoms with van der Waals surface area (Å²) in [4.78, 5) is 2.31. The number of aryl methyl sites for hydroxylation is 1. The Kier molecular flexibility index (Phi) is 3.15. The molecule has 3 rings (SSSR count). The van der Waals surface area contributed by atoms with Crippen molar-refractivity contribution in [3.05, 3.63) is 52.8 Å². The van der Waals surface area contributed by atoms with Crippen LogP contribution in [0.2, 0.25) is 5.15 Å². The van der Waals surface area contributed by atoms with Gasteiger partial charge >= 0.3 is 0 Å². The van der Waals surface area contributed by atoms with Gasteiger partial charge < -0.3 is 4.90 Å². The van der Waals surface area contributed by atoms with Crippen LogP contribution in [0.15, 0.2) is 36.5 Å². The number of hydrogen-bond acceptors (Lipinski definition) is 3. The fraction of sp³-hybridized carbons (Fsp3) is 0.286. The molecule has 0 saturated carbocycles. The smallest absolute Gasteiger partial charge is 0.153 e. The van der Waals surface area contributed by atoms with Crippen LogP contribution in [-0.2, 0) is 13.0 Å². The lowest BCUT2D eigenvalue weighted by Gasteiger charge is -2.22. The topological polar surface area (TPSA) is 29.0 Å². The van der Waals surface area contributed by atoms with Crippen molar-refractivity contribution in [2.75, 3.05) is 11.4 Å². The van der Waals surface area contributed by atoms with Crippen LogP contribution in [0.1, 0.15) is 17.5 Å². The van der Waals surface area contributed by atoms with Gasteiger partial charge in [0, 0.05) is 19.2 Å². The molecule has 0 unspecified atom stereocenters. The molecule has 1 aliphatic rings. The van der Waals surface area contributed by atoms with Crippen LogP contribution in [0.4, 0.5) is 5.69 Å². The lowest BCUT2D eigenvalue weighted by Crippen LogP contribution is -2.22. The zero-order chi connectivity index (χ0) is 12.4. The number of anilines is 1.